The van der Waals surface area contributed by atoms with E-state index in [1.165, 1.54) is 24.3 Å². The van der Waals surface area contributed by atoms with Crippen LogP contribution < -0.4 is 9.46 Å². The quantitative estimate of drug-likeness (QED) is 0.487. The van der Waals surface area contributed by atoms with Gasteiger partial charge < -0.3 is 14.9 Å². The minimum atomic E-state index is -4.92. The first-order valence-electron chi connectivity index (χ1n) is 7.37. The molecule has 0 unspecified atom stereocenters. The van der Waals surface area contributed by atoms with Crippen LogP contribution in [0, 0.1) is 0 Å². The highest BCUT2D eigenvalue weighted by molar-refractivity contribution is 9.10. The van der Waals surface area contributed by atoms with Crippen LogP contribution in [0.25, 0.3) is 10.4 Å². The van der Waals surface area contributed by atoms with Crippen molar-refractivity contribution in [2.75, 3.05) is 17.1 Å². The van der Waals surface area contributed by atoms with E-state index in [0.717, 1.165) is 0 Å². The minimum Gasteiger partial charge on any atom is -0.479 e. The van der Waals surface area contributed by atoms with Crippen LogP contribution in [0.15, 0.2) is 28.7 Å². The van der Waals surface area contributed by atoms with Crippen molar-refractivity contribution in [1.29, 1.82) is 0 Å². The number of aliphatic carboxylic acids is 1. The number of hydrogen-bond acceptors (Lipinski definition) is 6. The highest BCUT2D eigenvalue weighted by Crippen LogP contribution is 2.46. The maximum Gasteiger partial charge on any atom is 0.404 e. The molecule has 0 radical (unpaired) electrons. The highest BCUT2D eigenvalue weighted by atomic mass is 79.9. The lowest BCUT2D eigenvalue weighted by atomic mass is 10.1. The second kappa shape index (κ2) is 8.59. The molecule has 0 aliphatic rings. The van der Waals surface area contributed by atoms with Crippen LogP contribution in [0.4, 0.5) is 18.9 Å². The zero-order valence-corrected chi connectivity index (χ0v) is 17.2. The normalized spacial score (nSPS) is 11.9. The van der Waals surface area contributed by atoms with Crippen LogP contribution in [-0.2, 0) is 14.8 Å². The topological polar surface area (TPSA) is 130 Å². The lowest BCUT2D eigenvalue weighted by Gasteiger charge is -2.11. The van der Waals surface area contributed by atoms with Gasteiger partial charge in [-0.05, 0) is 33.6 Å². The molecule has 8 nitrogen and oxygen atoms in total. The first kappa shape index (κ1) is 23.0. The number of sulfonamides is 1. The Balaban J connectivity index is 2.41. The molecule has 0 fully saturated rings. The first-order chi connectivity index (χ1) is 13.3. The van der Waals surface area contributed by atoms with E-state index >= 15 is 0 Å². The molecule has 0 saturated carbocycles. The van der Waals surface area contributed by atoms with E-state index in [4.69, 9.17) is 9.84 Å². The van der Waals surface area contributed by atoms with Gasteiger partial charge in [0.2, 0.25) is 10.0 Å². The van der Waals surface area contributed by atoms with E-state index in [2.05, 4.69) is 15.9 Å². The number of carboxylic acids is 2. The molecule has 2 rings (SSSR count). The molecular weight excluding hydrogens is 507 g/mol. The number of nitrogens with one attached hydrogen (secondary N) is 1. The summed E-state index contributed by atoms with van der Waals surface area (Å²) in [5.74, 6) is -5.02. The molecule has 1 heterocycles. The zero-order valence-electron chi connectivity index (χ0n) is 14.0. The molecular formula is C15H11BrF3NO7S2. The van der Waals surface area contributed by atoms with Crippen molar-refractivity contribution in [3.05, 3.63) is 33.6 Å². The molecule has 1 aromatic heterocycles. The average molecular weight is 518 g/mol. The van der Waals surface area contributed by atoms with Crippen molar-refractivity contribution in [3.63, 3.8) is 0 Å². The summed E-state index contributed by atoms with van der Waals surface area (Å²) in [6.07, 6.45) is -4.92. The molecule has 3 N–H and O–H groups in total. The summed E-state index contributed by atoms with van der Waals surface area (Å²) >= 11 is 3.84. The van der Waals surface area contributed by atoms with Crippen molar-refractivity contribution in [2.24, 2.45) is 0 Å². The summed E-state index contributed by atoms with van der Waals surface area (Å²) in [6, 6.07) is 5.24. The summed E-state index contributed by atoms with van der Waals surface area (Å²) in [5.41, 5.74) is 0.0960. The smallest absolute Gasteiger partial charge is 0.404 e. The largest absolute Gasteiger partial charge is 0.479 e. The van der Waals surface area contributed by atoms with Crippen LogP contribution in [0.2, 0.25) is 0 Å². The maximum atomic E-state index is 12.4. The van der Waals surface area contributed by atoms with Crippen LogP contribution in [0.5, 0.6) is 5.75 Å². The number of alkyl halides is 3. The summed E-state index contributed by atoms with van der Waals surface area (Å²) < 4.78 is 67.3. The fraction of sp³-hybridized carbons (Fsp3) is 0.200. The number of hydrogen-bond donors (Lipinski definition) is 3. The van der Waals surface area contributed by atoms with Gasteiger partial charge in [0.25, 0.3) is 0 Å². The molecule has 0 atom stereocenters. The summed E-state index contributed by atoms with van der Waals surface area (Å²) in [6.45, 7) is -0.799. The number of rotatable bonds is 8. The molecule has 0 amide bonds. The van der Waals surface area contributed by atoms with Crippen LogP contribution in [0.1, 0.15) is 9.67 Å². The van der Waals surface area contributed by atoms with E-state index in [1.807, 2.05) is 0 Å². The standard InChI is InChI=1S/C15H11BrF3NO7S2/c16-10-11(27-5-9(21)22)13(14(23)24)28-12(10)7-2-1-3-8(4-7)20-29(25,26)6-15(17,18)19/h1-4,20H,5-6H2,(H,21,22)(H,23,24). The molecule has 0 saturated heterocycles. The van der Waals surface area contributed by atoms with Crippen molar-refractivity contribution < 1.29 is 46.1 Å². The minimum absolute atomic E-state index is 0.108. The van der Waals surface area contributed by atoms with Crippen LogP contribution in [-0.4, -0.2) is 49.1 Å². The lowest BCUT2D eigenvalue weighted by molar-refractivity contribution is -0.139. The van der Waals surface area contributed by atoms with Crippen molar-refractivity contribution >= 4 is 54.9 Å². The summed E-state index contributed by atoms with van der Waals surface area (Å²) in [4.78, 5) is 22.0. The number of benzene rings is 1. The van der Waals surface area contributed by atoms with E-state index in [0.29, 0.717) is 11.3 Å². The van der Waals surface area contributed by atoms with Crippen molar-refractivity contribution in [3.8, 4) is 16.2 Å². The van der Waals surface area contributed by atoms with Gasteiger partial charge in [-0.25, -0.2) is 18.0 Å². The second-order valence-electron chi connectivity index (χ2n) is 5.45. The summed E-state index contributed by atoms with van der Waals surface area (Å²) in [5, 5.41) is 18.0. The molecule has 0 aliphatic carbocycles. The molecule has 1 aromatic carbocycles. The van der Waals surface area contributed by atoms with Crippen LogP contribution >= 0.6 is 27.3 Å². The number of thiophene rings is 1. The Labute approximate surface area is 174 Å². The maximum absolute atomic E-state index is 12.4. The second-order valence-corrected chi connectivity index (χ2v) is 8.98. The molecule has 158 valence electrons. The Bertz CT molecular complexity index is 1050. The Morgan fingerprint density at radius 2 is 1.90 bits per heavy atom. The van der Waals surface area contributed by atoms with Gasteiger partial charge in [-0.1, -0.05) is 12.1 Å². The third-order valence-corrected chi connectivity index (χ3v) is 6.58. The molecule has 14 heteroatoms. The first-order valence-corrected chi connectivity index (χ1v) is 10.6. The Morgan fingerprint density at radius 3 is 2.45 bits per heavy atom. The van der Waals surface area contributed by atoms with E-state index in [9.17, 15) is 36.3 Å². The summed E-state index contributed by atoms with van der Waals surface area (Å²) in [7, 11) is -4.70. The zero-order chi connectivity index (χ0) is 22.0. The number of halogens is 4. The fourth-order valence-electron chi connectivity index (χ4n) is 2.14. The van der Waals surface area contributed by atoms with Crippen molar-refractivity contribution in [1.82, 2.24) is 0 Å². The van der Waals surface area contributed by atoms with Gasteiger partial charge in [-0.15, -0.1) is 11.3 Å². The lowest BCUT2D eigenvalue weighted by Crippen LogP contribution is -2.27. The Kier molecular flexibility index (Phi) is 6.80. The molecule has 29 heavy (non-hydrogen) atoms. The number of aromatic carboxylic acids is 1. The molecule has 0 spiro atoms. The van der Waals surface area contributed by atoms with Gasteiger partial charge >= 0.3 is 18.1 Å². The SMILES string of the molecule is O=C(O)COc1c(C(=O)O)sc(-c2cccc(NS(=O)(=O)CC(F)(F)F)c2)c1Br. The number of carbonyl (C=O) groups is 2. The fourth-order valence-corrected chi connectivity index (χ4v) is 5.02. The van der Waals surface area contributed by atoms with Gasteiger partial charge in [0.15, 0.2) is 23.0 Å². The number of carboxylic acid groups (broad SMARTS) is 2. The Morgan fingerprint density at radius 1 is 1.24 bits per heavy atom. The number of anilines is 1. The van der Waals surface area contributed by atoms with Gasteiger partial charge in [0.05, 0.1) is 9.35 Å². The predicted molar refractivity (Wildman–Crippen MR) is 101 cm³/mol. The molecule has 0 aliphatic heterocycles. The molecule has 0 bridgehead atoms. The van der Waals surface area contributed by atoms with Crippen molar-refractivity contribution in [2.45, 2.75) is 6.18 Å². The molecule has 2 aromatic rings. The predicted octanol–water partition coefficient (Wildman–Crippen LogP) is 3.64. The third kappa shape index (κ3) is 6.33. The average Bonchev–Trinajstić information content (AvgIpc) is 2.87. The van der Waals surface area contributed by atoms with Gasteiger partial charge in [0.1, 0.15) is 0 Å². The van der Waals surface area contributed by atoms with Gasteiger partial charge in [-0.2, -0.15) is 13.2 Å². The van der Waals surface area contributed by atoms with E-state index in [1.54, 1.807) is 4.72 Å². The Hall–Kier alpha value is -2.32. The van der Waals surface area contributed by atoms with E-state index < -0.39 is 40.5 Å². The highest BCUT2D eigenvalue weighted by Gasteiger charge is 2.35. The monoisotopic (exact) mass is 517 g/mol. The van der Waals surface area contributed by atoms with Gasteiger partial charge in [-0.3, -0.25) is 4.72 Å². The van der Waals surface area contributed by atoms with Crippen LogP contribution in [0.3, 0.4) is 0 Å². The third-order valence-electron chi connectivity index (χ3n) is 3.10. The van der Waals surface area contributed by atoms with Gasteiger partial charge in [0, 0.05) is 5.69 Å². The number of ether oxygens (including phenoxy) is 1. The van der Waals surface area contributed by atoms with E-state index in [-0.39, 0.29) is 31.2 Å².